The van der Waals surface area contributed by atoms with E-state index in [0.29, 0.717) is 5.41 Å². The lowest BCUT2D eigenvalue weighted by Crippen LogP contribution is -2.72. The average Bonchev–Trinajstić information content (AvgIpc) is 2.63. The number of nitrogens with one attached hydrogen (secondary N) is 2. The van der Waals surface area contributed by atoms with Crippen LogP contribution in [0.25, 0.3) is 0 Å². The molecule has 4 heterocycles. The fraction of sp³-hybridized carbons (Fsp3) is 1.00. The second-order valence-corrected chi connectivity index (χ2v) is 9.30. The molecule has 1 saturated carbocycles. The van der Waals surface area contributed by atoms with Crippen LogP contribution in [0.3, 0.4) is 0 Å². The van der Waals surface area contributed by atoms with Crippen molar-refractivity contribution >= 4 is 0 Å². The zero-order chi connectivity index (χ0) is 15.3. The van der Waals surface area contributed by atoms with Crippen LogP contribution in [0.4, 0.5) is 0 Å². The molecule has 4 saturated heterocycles. The number of rotatable bonds is 1. The Morgan fingerprint density at radius 1 is 0.826 bits per heavy atom. The van der Waals surface area contributed by atoms with Gasteiger partial charge in [-0.1, -0.05) is 12.8 Å². The van der Waals surface area contributed by atoms with Crippen LogP contribution in [0.2, 0.25) is 0 Å². The van der Waals surface area contributed by atoms with Crippen LogP contribution in [0, 0.1) is 17.3 Å². The largest absolute Gasteiger partial charge is 0.313 e. The van der Waals surface area contributed by atoms with E-state index >= 15 is 0 Å². The normalized spacial score (nSPS) is 50.9. The van der Waals surface area contributed by atoms with Crippen molar-refractivity contribution in [2.24, 2.45) is 17.3 Å². The third-order valence-corrected chi connectivity index (χ3v) is 8.16. The van der Waals surface area contributed by atoms with Crippen LogP contribution < -0.4 is 10.6 Å². The van der Waals surface area contributed by atoms with Crippen LogP contribution in [0.15, 0.2) is 0 Å². The van der Waals surface area contributed by atoms with E-state index in [2.05, 4.69) is 15.5 Å². The first-order valence-corrected chi connectivity index (χ1v) is 10.6. The molecule has 0 amide bonds. The summed E-state index contributed by atoms with van der Waals surface area (Å²) in [5, 5.41) is 8.04. The predicted molar refractivity (Wildman–Crippen MR) is 94.5 cm³/mol. The van der Waals surface area contributed by atoms with E-state index in [1.54, 1.807) is 0 Å². The molecule has 23 heavy (non-hydrogen) atoms. The van der Waals surface area contributed by atoms with Crippen molar-refractivity contribution in [2.75, 3.05) is 26.2 Å². The van der Waals surface area contributed by atoms with Gasteiger partial charge in [0.2, 0.25) is 0 Å². The second-order valence-electron chi connectivity index (χ2n) is 9.30. The van der Waals surface area contributed by atoms with E-state index in [1.165, 1.54) is 90.4 Å². The summed E-state index contributed by atoms with van der Waals surface area (Å²) in [6.45, 7) is 5.30. The minimum absolute atomic E-state index is 0.530. The summed E-state index contributed by atoms with van der Waals surface area (Å²) in [4.78, 5) is 2.94. The number of hydrogen-bond donors (Lipinski definition) is 2. The molecule has 5 rings (SSSR count). The Morgan fingerprint density at radius 2 is 1.74 bits per heavy atom. The zero-order valence-corrected chi connectivity index (χ0v) is 14.7. The molecular weight excluding hydrogens is 282 g/mol. The van der Waals surface area contributed by atoms with E-state index in [9.17, 15) is 0 Å². The first-order chi connectivity index (χ1) is 11.4. The standard InChI is InChI=1S/C20H35N3/c1-3-9-21-18(8-1)20-13-16(12-15-6-5-10-22-19(15)20)17-7-2-4-11-23(17)14-20/h15-19,21-22H,1-14H2/t15-,16-,17-,18+,19+,20+/m1/s1. The first kappa shape index (κ1) is 15.2. The number of piperidine rings is 4. The fourth-order valence-corrected chi connectivity index (χ4v) is 7.36. The second kappa shape index (κ2) is 6.00. The van der Waals surface area contributed by atoms with E-state index in [-0.39, 0.29) is 0 Å². The molecule has 5 fully saturated rings. The van der Waals surface area contributed by atoms with E-state index in [1.807, 2.05) is 0 Å². The molecule has 2 N–H and O–H groups in total. The monoisotopic (exact) mass is 317 g/mol. The highest BCUT2D eigenvalue weighted by molar-refractivity contribution is 5.14. The predicted octanol–water partition coefficient (Wildman–Crippen LogP) is 2.76. The maximum absolute atomic E-state index is 4.04. The maximum Gasteiger partial charge on any atom is 0.0179 e. The molecule has 130 valence electrons. The third-order valence-electron chi connectivity index (χ3n) is 8.16. The summed E-state index contributed by atoms with van der Waals surface area (Å²) in [5.41, 5.74) is 0.530. The SMILES string of the molecule is C1CC[C@@H]([C@@]23C[C@@H](C[C@H]4CCCN[C@@H]42)[C@H]2CCCCN2C3)NC1. The topological polar surface area (TPSA) is 27.3 Å². The number of hydrogen-bond acceptors (Lipinski definition) is 3. The lowest BCUT2D eigenvalue weighted by Gasteiger charge is -2.64. The first-order valence-electron chi connectivity index (χ1n) is 10.6. The van der Waals surface area contributed by atoms with Gasteiger partial charge in [-0.25, -0.2) is 0 Å². The Morgan fingerprint density at radius 3 is 2.65 bits per heavy atom. The quantitative estimate of drug-likeness (QED) is 0.779. The van der Waals surface area contributed by atoms with Crippen molar-refractivity contribution < 1.29 is 0 Å². The molecule has 5 aliphatic rings. The molecule has 0 aromatic heterocycles. The van der Waals surface area contributed by atoms with Crippen LogP contribution in [0.5, 0.6) is 0 Å². The van der Waals surface area contributed by atoms with Crippen molar-refractivity contribution in [3.8, 4) is 0 Å². The molecule has 4 aliphatic heterocycles. The maximum atomic E-state index is 4.04. The Balaban J connectivity index is 1.50. The molecule has 2 bridgehead atoms. The highest BCUT2D eigenvalue weighted by Crippen LogP contribution is 2.55. The van der Waals surface area contributed by atoms with Gasteiger partial charge < -0.3 is 10.6 Å². The van der Waals surface area contributed by atoms with Gasteiger partial charge in [0.1, 0.15) is 0 Å². The smallest absolute Gasteiger partial charge is 0.0179 e. The minimum Gasteiger partial charge on any atom is -0.313 e. The molecular formula is C20H35N3. The van der Waals surface area contributed by atoms with Crippen LogP contribution in [-0.2, 0) is 0 Å². The van der Waals surface area contributed by atoms with Gasteiger partial charge in [-0.2, -0.15) is 0 Å². The van der Waals surface area contributed by atoms with Gasteiger partial charge in [-0.15, -0.1) is 0 Å². The summed E-state index contributed by atoms with van der Waals surface area (Å²) in [6, 6.07) is 2.51. The Kier molecular flexibility index (Phi) is 3.95. The highest BCUT2D eigenvalue weighted by atomic mass is 15.2. The van der Waals surface area contributed by atoms with Gasteiger partial charge >= 0.3 is 0 Å². The molecule has 6 atom stereocenters. The molecule has 0 spiro atoms. The third kappa shape index (κ3) is 2.41. The lowest BCUT2D eigenvalue weighted by atomic mass is 9.52. The summed E-state index contributed by atoms with van der Waals surface area (Å²) in [7, 11) is 0. The van der Waals surface area contributed by atoms with Crippen LogP contribution in [0.1, 0.15) is 64.2 Å². The summed E-state index contributed by atoms with van der Waals surface area (Å²) in [6.07, 6.45) is 14.6. The van der Waals surface area contributed by atoms with Gasteiger partial charge in [0, 0.05) is 30.1 Å². The number of nitrogens with zero attached hydrogens (tertiary/aromatic N) is 1. The summed E-state index contributed by atoms with van der Waals surface area (Å²) >= 11 is 0. The Hall–Kier alpha value is -0.120. The van der Waals surface area contributed by atoms with Crippen LogP contribution >= 0.6 is 0 Å². The molecule has 0 unspecified atom stereocenters. The van der Waals surface area contributed by atoms with E-state index in [4.69, 9.17) is 0 Å². The van der Waals surface area contributed by atoms with Gasteiger partial charge in [0.05, 0.1) is 0 Å². The molecule has 0 aromatic carbocycles. The average molecular weight is 318 g/mol. The van der Waals surface area contributed by atoms with Gasteiger partial charge in [-0.3, -0.25) is 4.90 Å². The van der Waals surface area contributed by atoms with Crippen molar-refractivity contribution in [3.63, 3.8) is 0 Å². The van der Waals surface area contributed by atoms with Gasteiger partial charge in [0.25, 0.3) is 0 Å². The fourth-order valence-electron chi connectivity index (χ4n) is 7.36. The highest BCUT2D eigenvalue weighted by Gasteiger charge is 2.58. The van der Waals surface area contributed by atoms with Gasteiger partial charge in [-0.05, 0) is 82.8 Å². The summed E-state index contributed by atoms with van der Waals surface area (Å²) < 4.78 is 0. The zero-order valence-electron chi connectivity index (χ0n) is 14.7. The van der Waals surface area contributed by atoms with Gasteiger partial charge in [0.15, 0.2) is 0 Å². The Bertz CT molecular complexity index is 431. The Labute approximate surface area is 142 Å². The van der Waals surface area contributed by atoms with E-state index < -0.39 is 0 Å². The minimum atomic E-state index is 0.530. The molecule has 3 heteroatoms. The molecule has 0 radical (unpaired) electrons. The van der Waals surface area contributed by atoms with E-state index in [0.717, 1.165) is 30.0 Å². The number of fused-ring (bicyclic) bond motifs is 6. The molecule has 1 aliphatic carbocycles. The molecule has 0 aromatic rings. The van der Waals surface area contributed by atoms with Crippen molar-refractivity contribution in [3.05, 3.63) is 0 Å². The van der Waals surface area contributed by atoms with Crippen LogP contribution in [-0.4, -0.2) is 49.2 Å². The van der Waals surface area contributed by atoms with Crippen molar-refractivity contribution in [1.82, 2.24) is 15.5 Å². The van der Waals surface area contributed by atoms with Crippen molar-refractivity contribution in [1.29, 1.82) is 0 Å². The molecule has 3 nitrogen and oxygen atoms in total. The summed E-state index contributed by atoms with van der Waals surface area (Å²) in [5.74, 6) is 1.96. The lowest BCUT2D eigenvalue weighted by molar-refractivity contribution is -0.117. The van der Waals surface area contributed by atoms with Crippen molar-refractivity contribution in [2.45, 2.75) is 82.3 Å².